The Kier molecular flexibility index (Phi) is 6.48. The Balaban J connectivity index is 1.37. The highest BCUT2D eigenvalue weighted by Gasteiger charge is 2.28. The van der Waals surface area contributed by atoms with Gasteiger partial charge in [-0.3, -0.25) is 4.90 Å². The van der Waals surface area contributed by atoms with Gasteiger partial charge in [-0.1, -0.05) is 37.5 Å². The Morgan fingerprint density at radius 3 is 2.61 bits per heavy atom. The molecular weight excluding hydrogens is 346 g/mol. The summed E-state index contributed by atoms with van der Waals surface area (Å²) in [6, 6.07) is 15.5. The fourth-order valence-corrected chi connectivity index (χ4v) is 4.74. The first kappa shape index (κ1) is 19.3. The summed E-state index contributed by atoms with van der Waals surface area (Å²) in [6.45, 7) is 3.23. The van der Waals surface area contributed by atoms with Gasteiger partial charge in [0, 0.05) is 30.7 Å². The lowest BCUT2D eigenvalue weighted by Gasteiger charge is -2.40. The fourth-order valence-electron chi connectivity index (χ4n) is 4.74. The molecule has 1 aromatic heterocycles. The van der Waals surface area contributed by atoms with Crippen LogP contribution in [0.5, 0.6) is 5.75 Å². The zero-order chi connectivity index (χ0) is 19.2. The number of ether oxygens (including phenoxy) is 1. The van der Waals surface area contributed by atoms with Crippen molar-refractivity contribution in [2.24, 2.45) is 0 Å². The maximum absolute atomic E-state index is 5.23. The SMILES string of the molecule is COc1ccc(CNc2cccc(C3CCCN(C4CCCCC4)C3)n2)cc1. The van der Waals surface area contributed by atoms with Crippen LogP contribution < -0.4 is 10.1 Å². The van der Waals surface area contributed by atoms with Gasteiger partial charge in [-0.2, -0.15) is 0 Å². The molecule has 4 rings (SSSR count). The van der Waals surface area contributed by atoms with Crippen LogP contribution in [0.2, 0.25) is 0 Å². The monoisotopic (exact) mass is 379 g/mol. The van der Waals surface area contributed by atoms with Crippen LogP contribution in [0.4, 0.5) is 5.82 Å². The smallest absolute Gasteiger partial charge is 0.126 e. The summed E-state index contributed by atoms with van der Waals surface area (Å²) in [5.41, 5.74) is 2.48. The predicted octanol–water partition coefficient (Wildman–Crippen LogP) is 5.21. The molecule has 0 bridgehead atoms. The number of benzene rings is 1. The molecular formula is C24H33N3O. The van der Waals surface area contributed by atoms with Crippen molar-refractivity contribution in [3.63, 3.8) is 0 Å². The molecule has 2 fully saturated rings. The Morgan fingerprint density at radius 2 is 1.82 bits per heavy atom. The van der Waals surface area contributed by atoms with Crippen LogP contribution in [0, 0.1) is 0 Å². The highest BCUT2D eigenvalue weighted by Crippen LogP contribution is 2.31. The van der Waals surface area contributed by atoms with E-state index >= 15 is 0 Å². The second-order valence-electron chi connectivity index (χ2n) is 8.28. The zero-order valence-corrected chi connectivity index (χ0v) is 17.1. The molecule has 1 N–H and O–H groups in total. The second kappa shape index (κ2) is 9.42. The molecule has 150 valence electrons. The number of piperidine rings is 1. The van der Waals surface area contributed by atoms with Crippen molar-refractivity contribution in [2.75, 3.05) is 25.5 Å². The third kappa shape index (κ3) is 4.85. The Morgan fingerprint density at radius 1 is 1.00 bits per heavy atom. The van der Waals surface area contributed by atoms with E-state index in [1.807, 2.05) is 12.1 Å². The van der Waals surface area contributed by atoms with E-state index < -0.39 is 0 Å². The van der Waals surface area contributed by atoms with Gasteiger partial charge in [0.2, 0.25) is 0 Å². The maximum atomic E-state index is 5.23. The molecule has 1 saturated carbocycles. The fraction of sp³-hybridized carbons (Fsp3) is 0.542. The molecule has 4 heteroatoms. The topological polar surface area (TPSA) is 37.4 Å². The van der Waals surface area contributed by atoms with E-state index in [9.17, 15) is 0 Å². The molecule has 2 heterocycles. The standard InChI is InChI=1S/C24H33N3O/c1-28-22-14-12-19(13-15-22)17-25-24-11-5-10-23(26-24)20-7-6-16-27(18-20)21-8-3-2-4-9-21/h5,10-15,20-21H,2-4,6-9,16-18H2,1H3,(H,25,26). The molecule has 0 radical (unpaired) electrons. The van der Waals surface area contributed by atoms with E-state index in [2.05, 4.69) is 40.5 Å². The predicted molar refractivity (Wildman–Crippen MR) is 115 cm³/mol. The number of rotatable bonds is 6. The molecule has 0 amide bonds. The van der Waals surface area contributed by atoms with Crippen molar-refractivity contribution >= 4 is 5.82 Å². The molecule has 4 nitrogen and oxygen atoms in total. The molecule has 2 aliphatic rings. The summed E-state index contributed by atoms with van der Waals surface area (Å²) in [7, 11) is 1.70. The molecule has 1 saturated heterocycles. The van der Waals surface area contributed by atoms with E-state index in [4.69, 9.17) is 9.72 Å². The first-order valence-corrected chi connectivity index (χ1v) is 10.9. The van der Waals surface area contributed by atoms with Gasteiger partial charge in [0.05, 0.1) is 7.11 Å². The third-order valence-corrected chi connectivity index (χ3v) is 6.37. The first-order valence-electron chi connectivity index (χ1n) is 10.9. The van der Waals surface area contributed by atoms with Gasteiger partial charge < -0.3 is 10.1 Å². The molecule has 28 heavy (non-hydrogen) atoms. The first-order chi connectivity index (χ1) is 13.8. The molecule has 1 aliphatic heterocycles. The van der Waals surface area contributed by atoms with E-state index in [1.54, 1.807) is 7.11 Å². The van der Waals surface area contributed by atoms with Crippen LogP contribution in [0.3, 0.4) is 0 Å². The lowest BCUT2D eigenvalue weighted by molar-refractivity contribution is 0.118. The Labute approximate surface area is 169 Å². The van der Waals surface area contributed by atoms with Crippen molar-refractivity contribution < 1.29 is 4.74 Å². The van der Waals surface area contributed by atoms with Gasteiger partial charge in [0.15, 0.2) is 0 Å². The average molecular weight is 380 g/mol. The number of pyridine rings is 1. The molecule has 1 unspecified atom stereocenters. The van der Waals surface area contributed by atoms with E-state index in [1.165, 1.54) is 69.3 Å². The number of aromatic nitrogens is 1. The van der Waals surface area contributed by atoms with Crippen molar-refractivity contribution in [3.8, 4) is 5.75 Å². The number of hydrogen-bond acceptors (Lipinski definition) is 4. The van der Waals surface area contributed by atoms with E-state index in [-0.39, 0.29) is 0 Å². The summed E-state index contributed by atoms with van der Waals surface area (Å²) in [4.78, 5) is 7.72. The highest BCUT2D eigenvalue weighted by atomic mass is 16.5. The normalized spacial score (nSPS) is 21.4. The summed E-state index contributed by atoms with van der Waals surface area (Å²) < 4.78 is 5.23. The minimum atomic E-state index is 0.568. The number of likely N-dealkylation sites (tertiary alicyclic amines) is 1. The maximum Gasteiger partial charge on any atom is 0.126 e. The van der Waals surface area contributed by atoms with Gasteiger partial charge >= 0.3 is 0 Å². The quantitative estimate of drug-likeness (QED) is 0.747. The summed E-state index contributed by atoms with van der Waals surface area (Å²) >= 11 is 0. The second-order valence-corrected chi connectivity index (χ2v) is 8.28. The summed E-state index contributed by atoms with van der Waals surface area (Å²) in [5.74, 6) is 2.44. The lowest BCUT2D eigenvalue weighted by atomic mass is 9.89. The molecule has 1 aliphatic carbocycles. The lowest BCUT2D eigenvalue weighted by Crippen LogP contribution is -2.43. The van der Waals surface area contributed by atoms with Gasteiger partial charge in [-0.25, -0.2) is 4.98 Å². The molecule has 1 aromatic carbocycles. The van der Waals surface area contributed by atoms with Crippen LogP contribution in [-0.2, 0) is 6.54 Å². The van der Waals surface area contributed by atoms with Gasteiger partial charge in [0.25, 0.3) is 0 Å². The number of methoxy groups -OCH3 is 1. The van der Waals surface area contributed by atoms with E-state index in [0.29, 0.717) is 5.92 Å². The number of anilines is 1. The minimum absolute atomic E-state index is 0.568. The van der Waals surface area contributed by atoms with Crippen molar-refractivity contribution in [3.05, 3.63) is 53.7 Å². The Hall–Kier alpha value is -2.07. The minimum Gasteiger partial charge on any atom is -0.497 e. The van der Waals surface area contributed by atoms with Gasteiger partial charge in [-0.05, 0) is 62.1 Å². The van der Waals surface area contributed by atoms with Crippen molar-refractivity contribution in [2.45, 2.75) is 63.5 Å². The van der Waals surface area contributed by atoms with Crippen LogP contribution in [0.15, 0.2) is 42.5 Å². The van der Waals surface area contributed by atoms with Crippen LogP contribution in [0.25, 0.3) is 0 Å². The van der Waals surface area contributed by atoms with Crippen molar-refractivity contribution in [1.29, 1.82) is 0 Å². The highest BCUT2D eigenvalue weighted by molar-refractivity contribution is 5.38. The summed E-state index contributed by atoms with van der Waals surface area (Å²) in [6.07, 6.45) is 9.60. The largest absolute Gasteiger partial charge is 0.497 e. The number of nitrogens with one attached hydrogen (secondary N) is 1. The van der Waals surface area contributed by atoms with Crippen LogP contribution >= 0.6 is 0 Å². The Bertz CT molecular complexity index is 740. The zero-order valence-electron chi connectivity index (χ0n) is 17.1. The average Bonchev–Trinajstić information content (AvgIpc) is 2.79. The number of hydrogen-bond donors (Lipinski definition) is 1. The van der Waals surface area contributed by atoms with Crippen molar-refractivity contribution in [1.82, 2.24) is 9.88 Å². The molecule has 1 atom stereocenters. The molecule has 0 spiro atoms. The summed E-state index contributed by atoms with van der Waals surface area (Å²) in [5, 5.41) is 3.49. The number of nitrogens with zero attached hydrogens (tertiary/aromatic N) is 2. The van der Waals surface area contributed by atoms with Crippen LogP contribution in [0.1, 0.15) is 62.1 Å². The van der Waals surface area contributed by atoms with Gasteiger partial charge in [0.1, 0.15) is 11.6 Å². The third-order valence-electron chi connectivity index (χ3n) is 6.37. The van der Waals surface area contributed by atoms with Gasteiger partial charge in [-0.15, -0.1) is 0 Å². The van der Waals surface area contributed by atoms with Crippen LogP contribution in [-0.4, -0.2) is 36.1 Å². The molecule has 2 aromatic rings. The van der Waals surface area contributed by atoms with E-state index in [0.717, 1.165) is 24.2 Å².